The summed E-state index contributed by atoms with van der Waals surface area (Å²) in [7, 11) is -6.01. The molecule has 10 heteroatoms. The van der Waals surface area contributed by atoms with Crippen LogP contribution in [0.5, 0.6) is 0 Å². The van der Waals surface area contributed by atoms with Gasteiger partial charge in [0.25, 0.3) is 5.91 Å². The summed E-state index contributed by atoms with van der Waals surface area (Å²) in [6, 6.07) is 2.68. The lowest BCUT2D eigenvalue weighted by atomic mass is 10.2. The van der Waals surface area contributed by atoms with Crippen LogP contribution in [0.15, 0.2) is 18.3 Å². The van der Waals surface area contributed by atoms with Crippen molar-refractivity contribution in [2.45, 2.75) is 24.9 Å². The van der Waals surface area contributed by atoms with Crippen LogP contribution in [-0.2, 0) is 19.7 Å². The fraction of sp³-hybridized carbons (Fsp3) is 0.571. The van der Waals surface area contributed by atoms with Gasteiger partial charge in [-0.3, -0.25) is 4.79 Å². The molecule has 8 nitrogen and oxygen atoms in total. The molecular weight excluding hydrogens is 354 g/mol. The molecule has 0 spiro atoms. The second-order valence-electron chi connectivity index (χ2n) is 6.25. The third kappa shape index (κ3) is 4.23. The number of hydrogen-bond acceptors (Lipinski definition) is 7. The van der Waals surface area contributed by atoms with Gasteiger partial charge in [0.1, 0.15) is 5.82 Å². The van der Waals surface area contributed by atoms with E-state index in [-0.39, 0.29) is 41.0 Å². The van der Waals surface area contributed by atoms with Crippen molar-refractivity contribution >= 4 is 31.4 Å². The number of rotatable bonds is 4. The number of nitrogens with zero attached hydrogens (tertiary/aromatic N) is 1. The topological polar surface area (TPSA) is 122 Å². The van der Waals surface area contributed by atoms with Crippen LogP contribution >= 0.6 is 0 Å². The van der Waals surface area contributed by atoms with Crippen LogP contribution in [0.1, 0.15) is 23.2 Å². The Morgan fingerprint density at radius 1 is 1.00 bits per heavy atom. The van der Waals surface area contributed by atoms with E-state index in [1.165, 1.54) is 6.20 Å². The monoisotopic (exact) mass is 373 g/mol. The van der Waals surface area contributed by atoms with Crippen LogP contribution in [0.25, 0.3) is 0 Å². The number of pyridine rings is 1. The average molecular weight is 373 g/mol. The van der Waals surface area contributed by atoms with Crippen molar-refractivity contribution in [2.24, 2.45) is 0 Å². The van der Waals surface area contributed by atoms with Gasteiger partial charge in [-0.05, 0) is 25.0 Å². The van der Waals surface area contributed by atoms with Gasteiger partial charge in [0.05, 0.1) is 28.6 Å². The van der Waals surface area contributed by atoms with E-state index in [1.54, 1.807) is 12.1 Å². The fourth-order valence-electron chi connectivity index (χ4n) is 2.91. The van der Waals surface area contributed by atoms with E-state index in [1.807, 2.05) is 0 Å². The van der Waals surface area contributed by atoms with E-state index >= 15 is 0 Å². The maximum atomic E-state index is 12.1. The van der Waals surface area contributed by atoms with Gasteiger partial charge >= 0.3 is 0 Å². The van der Waals surface area contributed by atoms with E-state index in [9.17, 15) is 21.6 Å². The summed E-state index contributed by atoms with van der Waals surface area (Å²) >= 11 is 0. The number of amides is 1. The van der Waals surface area contributed by atoms with Crippen molar-refractivity contribution in [3.8, 4) is 0 Å². The fourth-order valence-corrected chi connectivity index (χ4v) is 6.26. The Bertz CT molecular complexity index is 834. The standard InChI is InChI=1S/C14H19N3O5S2/c18-14(17-12-4-6-24(21,22)9-12)10-1-2-13(15-7-10)16-11-3-5-23(19,20)8-11/h1-2,7,11-12H,3-6,8-9H2,(H,15,16)(H,17,18). The normalized spacial score (nSPS) is 27.7. The molecule has 2 saturated heterocycles. The van der Waals surface area contributed by atoms with Crippen molar-refractivity contribution < 1.29 is 21.6 Å². The number of carbonyl (C=O) groups excluding carboxylic acids is 1. The molecule has 0 aliphatic carbocycles. The third-order valence-corrected chi connectivity index (χ3v) is 7.71. The van der Waals surface area contributed by atoms with E-state index in [2.05, 4.69) is 15.6 Å². The van der Waals surface area contributed by atoms with Crippen LogP contribution in [0.2, 0.25) is 0 Å². The van der Waals surface area contributed by atoms with Gasteiger partial charge in [-0.1, -0.05) is 0 Å². The number of aromatic nitrogens is 1. The molecule has 2 unspecified atom stereocenters. The highest BCUT2D eigenvalue weighted by Gasteiger charge is 2.29. The summed E-state index contributed by atoms with van der Waals surface area (Å²) in [5, 5.41) is 5.74. The Morgan fingerprint density at radius 2 is 1.62 bits per heavy atom. The highest BCUT2D eigenvalue weighted by atomic mass is 32.2. The van der Waals surface area contributed by atoms with E-state index < -0.39 is 19.7 Å². The highest BCUT2D eigenvalue weighted by Crippen LogP contribution is 2.17. The first-order valence-electron chi connectivity index (χ1n) is 7.67. The van der Waals surface area contributed by atoms with Crippen molar-refractivity contribution in [1.82, 2.24) is 10.3 Å². The number of nitrogens with one attached hydrogen (secondary N) is 2. The van der Waals surface area contributed by atoms with E-state index in [4.69, 9.17) is 0 Å². The van der Waals surface area contributed by atoms with Crippen molar-refractivity contribution in [3.05, 3.63) is 23.9 Å². The third-order valence-electron chi connectivity index (χ3n) is 4.18. The zero-order chi connectivity index (χ0) is 17.4. The Balaban J connectivity index is 1.57. The molecule has 0 bridgehead atoms. The summed E-state index contributed by atoms with van der Waals surface area (Å²) in [6.45, 7) is 0. The zero-order valence-electron chi connectivity index (χ0n) is 12.9. The first kappa shape index (κ1) is 17.2. The molecule has 3 heterocycles. The minimum atomic E-state index is -3.04. The highest BCUT2D eigenvalue weighted by molar-refractivity contribution is 7.91. The van der Waals surface area contributed by atoms with Gasteiger partial charge in [-0.25, -0.2) is 21.8 Å². The average Bonchev–Trinajstić information content (AvgIpc) is 3.01. The minimum Gasteiger partial charge on any atom is -0.366 e. The zero-order valence-corrected chi connectivity index (χ0v) is 14.6. The molecule has 3 rings (SSSR count). The maximum Gasteiger partial charge on any atom is 0.253 e. The molecule has 0 aromatic carbocycles. The van der Waals surface area contributed by atoms with Crippen LogP contribution in [0.4, 0.5) is 5.82 Å². The molecule has 2 fully saturated rings. The van der Waals surface area contributed by atoms with Crippen molar-refractivity contribution in [1.29, 1.82) is 0 Å². The molecule has 0 radical (unpaired) electrons. The van der Waals surface area contributed by atoms with E-state index in [0.29, 0.717) is 24.2 Å². The van der Waals surface area contributed by atoms with Gasteiger partial charge in [-0.15, -0.1) is 0 Å². The Kier molecular flexibility index (Phi) is 4.52. The quantitative estimate of drug-likeness (QED) is 0.736. The molecule has 1 aromatic heterocycles. The number of carbonyl (C=O) groups is 1. The molecule has 2 atom stereocenters. The summed E-state index contributed by atoms with van der Waals surface area (Å²) in [5.41, 5.74) is 0.337. The smallest absolute Gasteiger partial charge is 0.253 e. The number of sulfone groups is 2. The van der Waals surface area contributed by atoms with Crippen molar-refractivity contribution in [3.63, 3.8) is 0 Å². The van der Waals surface area contributed by atoms with Crippen LogP contribution in [-0.4, -0.2) is 62.8 Å². The molecule has 2 N–H and O–H groups in total. The van der Waals surface area contributed by atoms with E-state index in [0.717, 1.165) is 0 Å². The second kappa shape index (κ2) is 6.32. The van der Waals surface area contributed by atoms with Crippen LogP contribution in [0, 0.1) is 0 Å². The molecular formula is C14H19N3O5S2. The molecule has 1 amide bonds. The largest absolute Gasteiger partial charge is 0.366 e. The van der Waals surface area contributed by atoms with Gasteiger partial charge in [0.15, 0.2) is 19.7 Å². The Morgan fingerprint density at radius 3 is 2.12 bits per heavy atom. The number of hydrogen-bond donors (Lipinski definition) is 2. The molecule has 0 saturated carbocycles. The molecule has 2 aliphatic heterocycles. The lowest BCUT2D eigenvalue weighted by Gasteiger charge is -2.13. The maximum absolute atomic E-state index is 12.1. The summed E-state index contributed by atoms with van der Waals surface area (Å²) in [4.78, 5) is 16.2. The number of anilines is 1. The summed E-state index contributed by atoms with van der Waals surface area (Å²) in [5.74, 6) is 0.491. The Labute approximate surface area is 140 Å². The first-order chi connectivity index (χ1) is 11.2. The lowest BCUT2D eigenvalue weighted by Crippen LogP contribution is -2.35. The van der Waals surface area contributed by atoms with Gasteiger partial charge < -0.3 is 10.6 Å². The predicted molar refractivity (Wildman–Crippen MR) is 89.4 cm³/mol. The van der Waals surface area contributed by atoms with Gasteiger partial charge in [0, 0.05) is 18.3 Å². The minimum absolute atomic E-state index is 0.0258. The first-order valence-corrected chi connectivity index (χ1v) is 11.3. The predicted octanol–water partition coefficient (Wildman–Crippen LogP) is -0.402. The van der Waals surface area contributed by atoms with Crippen LogP contribution < -0.4 is 10.6 Å². The van der Waals surface area contributed by atoms with Gasteiger partial charge in [0.2, 0.25) is 0 Å². The molecule has 132 valence electrons. The molecule has 24 heavy (non-hydrogen) atoms. The Hall–Kier alpha value is -1.68. The summed E-state index contributed by atoms with van der Waals surface area (Å²) in [6.07, 6.45) is 2.37. The van der Waals surface area contributed by atoms with Gasteiger partial charge in [-0.2, -0.15) is 0 Å². The summed E-state index contributed by atoms with van der Waals surface area (Å²) < 4.78 is 45.7. The molecule has 2 aliphatic rings. The van der Waals surface area contributed by atoms with Crippen molar-refractivity contribution in [2.75, 3.05) is 28.3 Å². The van der Waals surface area contributed by atoms with Crippen LogP contribution in [0.3, 0.4) is 0 Å². The SMILES string of the molecule is O=C(NC1CCS(=O)(=O)C1)c1ccc(NC2CCS(=O)(=O)C2)nc1. The molecule has 1 aromatic rings. The lowest BCUT2D eigenvalue weighted by molar-refractivity contribution is 0.0941. The second-order valence-corrected chi connectivity index (χ2v) is 10.7.